The molecule has 3 heterocycles. The van der Waals surface area contributed by atoms with Gasteiger partial charge in [-0.05, 0) is 38.3 Å². The predicted octanol–water partition coefficient (Wildman–Crippen LogP) is 3.24. The Balaban J connectivity index is 2.00. The van der Waals surface area contributed by atoms with Gasteiger partial charge in [-0.25, -0.2) is 9.50 Å². The smallest absolute Gasteiger partial charge is 0.181 e. The highest BCUT2D eigenvalue weighted by Gasteiger charge is 2.22. The predicted molar refractivity (Wildman–Crippen MR) is 91.4 cm³/mol. The maximum absolute atomic E-state index is 4.85. The molecule has 1 aliphatic rings. The number of hydrogen-bond donors (Lipinski definition) is 0. The van der Waals surface area contributed by atoms with Crippen LogP contribution < -0.4 is 9.80 Å². The van der Waals surface area contributed by atoms with Gasteiger partial charge in [0, 0.05) is 32.0 Å². The van der Waals surface area contributed by atoms with E-state index in [1.165, 1.54) is 12.8 Å². The summed E-state index contributed by atoms with van der Waals surface area (Å²) in [6.07, 6.45) is 10.2. The molecule has 0 aromatic carbocycles. The second-order valence-electron chi connectivity index (χ2n) is 5.96. The number of anilines is 2. The van der Waals surface area contributed by atoms with E-state index in [4.69, 9.17) is 4.98 Å². The molecule has 0 radical (unpaired) electrons. The fourth-order valence-electron chi connectivity index (χ4n) is 2.96. The molecule has 1 atom stereocenters. The van der Waals surface area contributed by atoms with Crippen molar-refractivity contribution < 1.29 is 0 Å². The van der Waals surface area contributed by atoms with Crippen molar-refractivity contribution in [2.75, 3.05) is 23.4 Å². The molecule has 0 saturated carbocycles. The van der Waals surface area contributed by atoms with Gasteiger partial charge < -0.3 is 9.80 Å². The van der Waals surface area contributed by atoms with Crippen LogP contribution in [0.4, 0.5) is 11.5 Å². The Morgan fingerprint density at radius 2 is 2.32 bits per heavy atom. The van der Waals surface area contributed by atoms with Gasteiger partial charge in [-0.15, -0.1) is 0 Å². The van der Waals surface area contributed by atoms with Gasteiger partial charge in [-0.1, -0.05) is 12.7 Å². The first-order valence-electron chi connectivity index (χ1n) is 7.75. The van der Waals surface area contributed by atoms with Crippen molar-refractivity contribution in [2.24, 2.45) is 0 Å². The molecule has 0 spiro atoms. The van der Waals surface area contributed by atoms with Crippen LogP contribution in [0.25, 0.3) is 5.65 Å². The fraction of sp³-hybridized carbons (Fsp3) is 0.412. The Bertz CT molecular complexity index is 715. The summed E-state index contributed by atoms with van der Waals surface area (Å²) < 4.78 is 1.83. The standard InChI is InChI=1S/C17H23N5/c1-5-13(2)12-20(4)15-11-18-22-10-8-16(19-17(15)22)21-9-6-7-14(21)3/h5,8,10-12,14H,1,6-7,9H2,2-4H3/b13-12-/t14-/m0/s1. The van der Waals surface area contributed by atoms with Crippen LogP contribution in [0.1, 0.15) is 26.7 Å². The molecular weight excluding hydrogens is 274 g/mol. The van der Waals surface area contributed by atoms with E-state index in [1.54, 1.807) is 0 Å². The molecule has 0 amide bonds. The zero-order valence-electron chi connectivity index (χ0n) is 13.5. The van der Waals surface area contributed by atoms with Gasteiger partial charge in [0.1, 0.15) is 11.5 Å². The number of aromatic nitrogens is 3. The van der Waals surface area contributed by atoms with Crippen LogP contribution in [-0.2, 0) is 0 Å². The van der Waals surface area contributed by atoms with Crippen LogP contribution in [0, 0.1) is 0 Å². The second-order valence-corrected chi connectivity index (χ2v) is 5.96. The molecule has 1 fully saturated rings. The normalized spacial score (nSPS) is 19.0. The Morgan fingerprint density at radius 3 is 3.00 bits per heavy atom. The third-order valence-corrected chi connectivity index (χ3v) is 4.28. The summed E-state index contributed by atoms with van der Waals surface area (Å²) in [5.74, 6) is 1.04. The molecule has 2 aromatic rings. The lowest BCUT2D eigenvalue weighted by Gasteiger charge is -2.22. The molecule has 2 aromatic heterocycles. The van der Waals surface area contributed by atoms with Crippen LogP contribution in [0.3, 0.4) is 0 Å². The average molecular weight is 297 g/mol. The van der Waals surface area contributed by atoms with Crippen molar-refractivity contribution in [2.45, 2.75) is 32.7 Å². The van der Waals surface area contributed by atoms with E-state index in [-0.39, 0.29) is 0 Å². The summed E-state index contributed by atoms with van der Waals surface area (Å²) in [6.45, 7) is 9.17. The summed E-state index contributed by atoms with van der Waals surface area (Å²) in [6, 6.07) is 2.61. The minimum Gasteiger partial charge on any atom is -0.354 e. The number of fused-ring (bicyclic) bond motifs is 1. The quantitative estimate of drug-likeness (QED) is 0.812. The van der Waals surface area contributed by atoms with E-state index >= 15 is 0 Å². The summed E-state index contributed by atoms with van der Waals surface area (Å²) >= 11 is 0. The van der Waals surface area contributed by atoms with Crippen molar-refractivity contribution in [3.63, 3.8) is 0 Å². The molecule has 0 unspecified atom stereocenters. The number of allylic oxidation sites excluding steroid dienone is 2. The topological polar surface area (TPSA) is 36.7 Å². The first-order chi connectivity index (χ1) is 10.6. The van der Waals surface area contributed by atoms with E-state index in [9.17, 15) is 0 Å². The molecule has 0 aliphatic carbocycles. The Morgan fingerprint density at radius 1 is 1.50 bits per heavy atom. The molecule has 22 heavy (non-hydrogen) atoms. The van der Waals surface area contributed by atoms with Gasteiger partial charge >= 0.3 is 0 Å². The Hall–Kier alpha value is -2.30. The molecule has 5 heteroatoms. The highest BCUT2D eigenvalue weighted by atomic mass is 15.3. The molecule has 3 rings (SSSR count). The first-order valence-corrected chi connectivity index (χ1v) is 7.75. The van der Waals surface area contributed by atoms with Gasteiger partial charge in [-0.3, -0.25) is 0 Å². The van der Waals surface area contributed by atoms with E-state index < -0.39 is 0 Å². The molecule has 1 aliphatic heterocycles. The molecule has 116 valence electrons. The van der Waals surface area contributed by atoms with Crippen LogP contribution in [0.5, 0.6) is 0 Å². The van der Waals surface area contributed by atoms with Crippen LogP contribution in [-0.4, -0.2) is 34.2 Å². The SMILES string of the molecule is C=C/C(C)=C\N(C)c1cnn2ccc(N3CCC[C@@H]3C)nc12. The third kappa shape index (κ3) is 2.58. The van der Waals surface area contributed by atoms with Crippen LogP contribution in [0.15, 0.2) is 42.9 Å². The lowest BCUT2D eigenvalue weighted by molar-refractivity contribution is 0.726. The number of nitrogens with zero attached hydrogens (tertiary/aromatic N) is 5. The average Bonchev–Trinajstić information content (AvgIpc) is 3.12. The zero-order valence-corrected chi connectivity index (χ0v) is 13.5. The van der Waals surface area contributed by atoms with Crippen molar-refractivity contribution in [1.82, 2.24) is 14.6 Å². The summed E-state index contributed by atoms with van der Waals surface area (Å²) in [7, 11) is 2.01. The van der Waals surface area contributed by atoms with Crippen molar-refractivity contribution in [3.05, 3.63) is 42.9 Å². The molecule has 0 N–H and O–H groups in total. The lowest BCUT2D eigenvalue weighted by atomic mass is 10.2. The van der Waals surface area contributed by atoms with Gasteiger partial charge in [0.2, 0.25) is 0 Å². The zero-order chi connectivity index (χ0) is 15.7. The monoisotopic (exact) mass is 297 g/mol. The fourth-order valence-corrected chi connectivity index (χ4v) is 2.96. The highest BCUT2D eigenvalue weighted by Crippen LogP contribution is 2.26. The molecule has 1 saturated heterocycles. The van der Waals surface area contributed by atoms with Gasteiger partial charge in [0.15, 0.2) is 5.65 Å². The van der Waals surface area contributed by atoms with E-state index in [1.807, 2.05) is 48.1 Å². The van der Waals surface area contributed by atoms with E-state index in [2.05, 4.69) is 29.6 Å². The van der Waals surface area contributed by atoms with E-state index in [0.29, 0.717) is 6.04 Å². The minimum absolute atomic E-state index is 0.557. The molecular formula is C17H23N5. The second kappa shape index (κ2) is 5.83. The largest absolute Gasteiger partial charge is 0.354 e. The summed E-state index contributed by atoms with van der Waals surface area (Å²) in [5, 5.41) is 4.40. The highest BCUT2D eigenvalue weighted by molar-refractivity contribution is 5.71. The molecule has 5 nitrogen and oxygen atoms in total. The minimum atomic E-state index is 0.557. The lowest BCUT2D eigenvalue weighted by Crippen LogP contribution is -2.27. The van der Waals surface area contributed by atoms with Crippen molar-refractivity contribution >= 4 is 17.2 Å². The summed E-state index contributed by atoms with van der Waals surface area (Å²) in [5.41, 5.74) is 2.98. The maximum atomic E-state index is 4.85. The molecule has 0 bridgehead atoms. The van der Waals surface area contributed by atoms with Crippen molar-refractivity contribution in [3.8, 4) is 0 Å². The third-order valence-electron chi connectivity index (χ3n) is 4.28. The van der Waals surface area contributed by atoms with Gasteiger partial charge in [0.25, 0.3) is 0 Å². The van der Waals surface area contributed by atoms with E-state index in [0.717, 1.165) is 29.3 Å². The van der Waals surface area contributed by atoms with Gasteiger partial charge in [0.05, 0.1) is 6.20 Å². The number of hydrogen-bond acceptors (Lipinski definition) is 4. The van der Waals surface area contributed by atoms with Crippen LogP contribution in [0.2, 0.25) is 0 Å². The van der Waals surface area contributed by atoms with Gasteiger partial charge in [-0.2, -0.15) is 5.10 Å². The van der Waals surface area contributed by atoms with Crippen molar-refractivity contribution in [1.29, 1.82) is 0 Å². The Labute approximate surface area is 131 Å². The first kappa shape index (κ1) is 14.6. The number of rotatable bonds is 4. The summed E-state index contributed by atoms with van der Waals surface area (Å²) in [4.78, 5) is 9.27. The Kier molecular flexibility index (Phi) is 3.88. The van der Waals surface area contributed by atoms with Crippen LogP contribution >= 0.6 is 0 Å². The maximum Gasteiger partial charge on any atom is 0.181 e.